The zero-order chi connectivity index (χ0) is 20.7. The molecule has 4 aromatic carbocycles. The lowest BCUT2D eigenvalue weighted by molar-refractivity contribution is 1.34. The van der Waals surface area contributed by atoms with Crippen LogP contribution in [0.1, 0.15) is 18.1 Å². The van der Waals surface area contributed by atoms with Crippen molar-refractivity contribution in [1.29, 1.82) is 0 Å². The van der Waals surface area contributed by atoms with E-state index in [2.05, 4.69) is 93.2 Å². The predicted octanol–water partition coefficient (Wildman–Crippen LogP) is 8.11. The van der Waals surface area contributed by atoms with Crippen molar-refractivity contribution in [3.05, 3.63) is 109 Å². The summed E-state index contributed by atoms with van der Waals surface area (Å²) < 4.78 is 0. The van der Waals surface area contributed by atoms with Gasteiger partial charge in [-0.25, -0.2) is 0 Å². The number of hydrogen-bond acceptors (Lipinski definition) is 1. The first-order valence-corrected chi connectivity index (χ1v) is 10.3. The molecule has 0 N–H and O–H groups in total. The maximum atomic E-state index is 4.79. The van der Waals surface area contributed by atoms with E-state index < -0.39 is 0 Å². The molecule has 0 saturated carbocycles. The number of allylic oxidation sites excluding steroid dienone is 3. The fraction of sp³-hybridized carbons (Fsp3) is 0.0690. The summed E-state index contributed by atoms with van der Waals surface area (Å²) in [5, 5.41) is 7.54. The molecular weight excluding hydrogens is 362 g/mol. The average molecular weight is 386 g/mol. The van der Waals surface area contributed by atoms with Gasteiger partial charge in [-0.15, -0.1) is 0 Å². The van der Waals surface area contributed by atoms with Gasteiger partial charge in [-0.2, -0.15) is 0 Å². The number of nitrogens with zero attached hydrogens (tertiary/aromatic N) is 1. The van der Waals surface area contributed by atoms with E-state index in [0.29, 0.717) is 0 Å². The Morgan fingerprint density at radius 1 is 0.800 bits per heavy atom. The summed E-state index contributed by atoms with van der Waals surface area (Å²) in [6.45, 7) is 8.09. The topological polar surface area (TPSA) is 12.9 Å². The molecular formula is C29H23N. The largest absolute Gasteiger partial charge is 0.256 e. The summed E-state index contributed by atoms with van der Waals surface area (Å²) in [6.07, 6.45) is 5.82. The number of benzene rings is 4. The normalized spacial score (nSPS) is 12.0. The smallest absolute Gasteiger partial charge is 0.0780 e. The third-order valence-electron chi connectivity index (χ3n) is 5.84. The van der Waals surface area contributed by atoms with Crippen LogP contribution in [0.5, 0.6) is 0 Å². The lowest BCUT2D eigenvalue weighted by atomic mass is 9.94. The molecule has 0 atom stereocenters. The number of rotatable bonds is 3. The second-order valence-corrected chi connectivity index (χ2v) is 7.88. The number of hydrogen-bond donors (Lipinski definition) is 0. The SMILES string of the molecule is C=C/C=C(\C)c1cc(C)cc(-c2nccc3c2ccc2c4ccccc4ccc32)c1. The van der Waals surface area contributed by atoms with Crippen LogP contribution in [-0.2, 0) is 0 Å². The minimum atomic E-state index is 1.03. The highest BCUT2D eigenvalue weighted by Gasteiger charge is 2.11. The first-order valence-electron chi connectivity index (χ1n) is 10.3. The van der Waals surface area contributed by atoms with Gasteiger partial charge in [0.1, 0.15) is 0 Å². The first-order chi connectivity index (χ1) is 14.7. The van der Waals surface area contributed by atoms with E-state index in [1.54, 1.807) is 0 Å². The number of fused-ring (bicyclic) bond motifs is 5. The van der Waals surface area contributed by atoms with Crippen LogP contribution in [0.2, 0.25) is 0 Å². The maximum absolute atomic E-state index is 4.79. The van der Waals surface area contributed by atoms with Crippen molar-refractivity contribution in [2.75, 3.05) is 0 Å². The first kappa shape index (κ1) is 18.3. The lowest BCUT2D eigenvalue weighted by Gasteiger charge is -2.12. The van der Waals surface area contributed by atoms with Crippen molar-refractivity contribution < 1.29 is 0 Å². The summed E-state index contributed by atoms with van der Waals surface area (Å²) >= 11 is 0. The number of aromatic nitrogens is 1. The van der Waals surface area contributed by atoms with Gasteiger partial charge < -0.3 is 0 Å². The molecule has 1 aromatic heterocycles. The van der Waals surface area contributed by atoms with Gasteiger partial charge in [-0.1, -0.05) is 73.3 Å². The van der Waals surface area contributed by atoms with Gasteiger partial charge in [0.05, 0.1) is 5.69 Å². The predicted molar refractivity (Wildman–Crippen MR) is 131 cm³/mol. The minimum Gasteiger partial charge on any atom is -0.256 e. The minimum absolute atomic E-state index is 1.03. The van der Waals surface area contributed by atoms with Crippen LogP contribution in [0.3, 0.4) is 0 Å². The van der Waals surface area contributed by atoms with Gasteiger partial charge in [-0.05, 0) is 75.7 Å². The molecule has 30 heavy (non-hydrogen) atoms. The van der Waals surface area contributed by atoms with Crippen molar-refractivity contribution >= 4 is 37.9 Å². The Labute approximate surface area is 177 Å². The molecule has 0 aliphatic heterocycles. The molecule has 0 spiro atoms. The molecule has 0 radical (unpaired) electrons. The Morgan fingerprint density at radius 3 is 2.40 bits per heavy atom. The van der Waals surface area contributed by atoms with Crippen LogP contribution < -0.4 is 0 Å². The Bertz CT molecular complexity index is 1470. The maximum Gasteiger partial charge on any atom is 0.0780 e. The summed E-state index contributed by atoms with van der Waals surface area (Å²) in [4.78, 5) is 4.79. The van der Waals surface area contributed by atoms with Crippen LogP contribution >= 0.6 is 0 Å². The standard InChI is InChI=1S/C29H23N/c1-4-7-20(3)22-16-19(2)17-23(18-22)29-28-13-12-25-24-9-6-5-8-21(24)10-11-26(25)27(28)14-15-30-29/h4-18H,1H2,2-3H3/b20-7+. The van der Waals surface area contributed by atoms with Crippen LogP contribution in [0.15, 0.2) is 97.7 Å². The van der Waals surface area contributed by atoms with Crippen LogP contribution in [-0.4, -0.2) is 4.98 Å². The van der Waals surface area contributed by atoms with E-state index >= 15 is 0 Å². The fourth-order valence-corrected chi connectivity index (χ4v) is 4.40. The van der Waals surface area contributed by atoms with E-state index in [1.165, 1.54) is 49.0 Å². The van der Waals surface area contributed by atoms with Gasteiger partial charge in [0.25, 0.3) is 0 Å². The quantitative estimate of drug-likeness (QED) is 0.226. The van der Waals surface area contributed by atoms with Crippen molar-refractivity contribution in [2.24, 2.45) is 0 Å². The third kappa shape index (κ3) is 3.00. The molecule has 1 nitrogen and oxygen atoms in total. The van der Waals surface area contributed by atoms with Crippen molar-refractivity contribution in [3.8, 4) is 11.3 Å². The van der Waals surface area contributed by atoms with Crippen LogP contribution in [0.25, 0.3) is 49.1 Å². The van der Waals surface area contributed by atoms with E-state index in [-0.39, 0.29) is 0 Å². The molecule has 144 valence electrons. The second-order valence-electron chi connectivity index (χ2n) is 7.88. The monoisotopic (exact) mass is 385 g/mol. The Morgan fingerprint density at radius 2 is 1.53 bits per heavy atom. The van der Waals surface area contributed by atoms with Crippen molar-refractivity contribution in [1.82, 2.24) is 4.98 Å². The summed E-state index contributed by atoms with van der Waals surface area (Å²) in [5.41, 5.74) is 5.80. The lowest BCUT2D eigenvalue weighted by Crippen LogP contribution is -1.91. The van der Waals surface area contributed by atoms with Crippen LogP contribution in [0.4, 0.5) is 0 Å². The molecule has 1 heteroatoms. The van der Waals surface area contributed by atoms with E-state index in [1.807, 2.05) is 18.3 Å². The van der Waals surface area contributed by atoms with E-state index in [9.17, 15) is 0 Å². The molecule has 0 aliphatic rings. The van der Waals surface area contributed by atoms with Crippen LogP contribution in [0, 0.1) is 6.92 Å². The highest BCUT2D eigenvalue weighted by molar-refractivity contribution is 6.18. The van der Waals surface area contributed by atoms with E-state index in [0.717, 1.165) is 11.3 Å². The van der Waals surface area contributed by atoms with Crippen molar-refractivity contribution in [3.63, 3.8) is 0 Å². The van der Waals surface area contributed by atoms with Gasteiger partial charge in [-0.3, -0.25) is 4.98 Å². The molecule has 0 fully saturated rings. The number of aryl methyl sites for hydroxylation is 1. The molecule has 5 aromatic rings. The average Bonchev–Trinajstić information content (AvgIpc) is 2.78. The highest BCUT2D eigenvalue weighted by atomic mass is 14.7. The Balaban J connectivity index is 1.79. The highest BCUT2D eigenvalue weighted by Crippen LogP contribution is 2.35. The molecule has 0 amide bonds. The zero-order valence-corrected chi connectivity index (χ0v) is 17.3. The Kier molecular flexibility index (Phi) is 4.44. The second kappa shape index (κ2) is 7.27. The fourth-order valence-electron chi connectivity index (χ4n) is 4.40. The Hall–Kier alpha value is -3.71. The molecule has 0 bridgehead atoms. The summed E-state index contributed by atoms with van der Waals surface area (Å²) in [5.74, 6) is 0. The number of pyridine rings is 1. The van der Waals surface area contributed by atoms with Gasteiger partial charge in [0.2, 0.25) is 0 Å². The molecule has 0 saturated heterocycles. The van der Waals surface area contributed by atoms with E-state index in [4.69, 9.17) is 4.98 Å². The van der Waals surface area contributed by atoms with Gasteiger partial charge in [0, 0.05) is 17.1 Å². The van der Waals surface area contributed by atoms with Crippen molar-refractivity contribution in [2.45, 2.75) is 13.8 Å². The molecule has 0 aliphatic carbocycles. The molecule has 5 rings (SSSR count). The van der Waals surface area contributed by atoms with Gasteiger partial charge >= 0.3 is 0 Å². The van der Waals surface area contributed by atoms with Gasteiger partial charge in [0.15, 0.2) is 0 Å². The summed E-state index contributed by atoms with van der Waals surface area (Å²) in [7, 11) is 0. The summed E-state index contributed by atoms with van der Waals surface area (Å²) in [6, 6.07) is 26.3. The molecule has 0 unspecified atom stereocenters. The third-order valence-corrected chi connectivity index (χ3v) is 5.84. The zero-order valence-electron chi connectivity index (χ0n) is 17.3. The molecule has 1 heterocycles.